The van der Waals surface area contributed by atoms with E-state index in [4.69, 9.17) is 15.0 Å². The van der Waals surface area contributed by atoms with Crippen LogP contribution in [0.4, 0.5) is 0 Å². The Bertz CT molecular complexity index is 634. The monoisotopic (exact) mass is 513 g/mol. The van der Waals surface area contributed by atoms with Gasteiger partial charge in [0.2, 0.25) is 0 Å². The molecule has 1 aliphatic rings. The number of morpholine rings is 1. The number of hydrogen-bond acceptors (Lipinski definition) is 4. The Morgan fingerprint density at radius 3 is 2.34 bits per heavy atom. The van der Waals surface area contributed by atoms with Crippen LogP contribution in [-0.2, 0) is 11.3 Å². The summed E-state index contributed by atoms with van der Waals surface area (Å²) in [6.07, 6.45) is 2.36. The Morgan fingerprint density at radius 2 is 1.79 bits per heavy atom. The standard InChI is InChI=1S/C22H35N5O.HI/c1-4-20(5-2)21(27-11-13-28-14-12-27)17-26-22(24-6-3)25-16-19-9-7-18(15-23)8-10-19;/h7-10,20-21H,4-6,11-14,16-17H2,1-3H3,(H2,24,25,26);1H. The van der Waals surface area contributed by atoms with Gasteiger partial charge < -0.3 is 15.4 Å². The Labute approximate surface area is 193 Å². The number of nitriles is 1. The van der Waals surface area contributed by atoms with Gasteiger partial charge in [-0.1, -0.05) is 38.8 Å². The molecule has 1 aromatic rings. The molecule has 6 nitrogen and oxygen atoms in total. The van der Waals surface area contributed by atoms with Crippen molar-refractivity contribution in [3.8, 4) is 6.07 Å². The third kappa shape index (κ3) is 8.49. The summed E-state index contributed by atoms with van der Waals surface area (Å²) < 4.78 is 5.55. The Morgan fingerprint density at radius 1 is 1.14 bits per heavy atom. The molecular formula is C22H36IN5O. The molecule has 1 fully saturated rings. The number of guanidine groups is 1. The van der Waals surface area contributed by atoms with Crippen LogP contribution in [-0.4, -0.2) is 56.3 Å². The summed E-state index contributed by atoms with van der Waals surface area (Å²) in [5, 5.41) is 15.8. The van der Waals surface area contributed by atoms with Crippen LogP contribution in [0.15, 0.2) is 29.3 Å². The lowest BCUT2D eigenvalue weighted by Gasteiger charge is -2.39. The summed E-state index contributed by atoms with van der Waals surface area (Å²) in [6.45, 7) is 12.6. The van der Waals surface area contributed by atoms with E-state index in [0.29, 0.717) is 24.1 Å². The predicted molar refractivity (Wildman–Crippen MR) is 130 cm³/mol. The van der Waals surface area contributed by atoms with E-state index in [0.717, 1.165) is 50.9 Å². The molecule has 0 bridgehead atoms. The molecule has 0 amide bonds. The zero-order valence-electron chi connectivity index (χ0n) is 18.0. The maximum atomic E-state index is 8.92. The summed E-state index contributed by atoms with van der Waals surface area (Å²) in [5.74, 6) is 1.50. The molecule has 2 N–H and O–H groups in total. The van der Waals surface area contributed by atoms with Crippen molar-refractivity contribution in [2.75, 3.05) is 39.4 Å². The SMILES string of the molecule is CCNC(=NCc1ccc(C#N)cc1)NCC(C(CC)CC)N1CCOCC1.I. The lowest BCUT2D eigenvalue weighted by atomic mass is 9.92. The summed E-state index contributed by atoms with van der Waals surface area (Å²) in [4.78, 5) is 7.30. The van der Waals surface area contributed by atoms with Crippen LogP contribution in [0.5, 0.6) is 0 Å². The highest BCUT2D eigenvalue weighted by Crippen LogP contribution is 2.19. The second-order valence-corrected chi connectivity index (χ2v) is 7.18. The summed E-state index contributed by atoms with van der Waals surface area (Å²) in [5.41, 5.74) is 1.78. The highest BCUT2D eigenvalue weighted by Gasteiger charge is 2.26. The van der Waals surface area contributed by atoms with Gasteiger partial charge in [0, 0.05) is 32.2 Å². The van der Waals surface area contributed by atoms with Crippen molar-refractivity contribution in [3.63, 3.8) is 0 Å². The van der Waals surface area contributed by atoms with E-state index in [1.165, 1.54) is 12.8 Å². The van der Waals surface area contributed by atoms with Gasteiger partial charge in [0.15, 0.2) is 5.96 Å². The Balaban J connectivity index is 0.00000420. The van der Waals surface area contributed by atoms with Gasteiger partial charge in [-0.05, 0) is 30.5 Å². The lowest BCUT2D eigenvalue weighted by molar-refractivity contribution is 0.00272. The first-order valence-corrected chi connectivity index (χ1v) is 10.5. The number of nitrogens with zero attached hydrogens (tertiary/aromatic N) is 3. The maximum absolute atomic E-state index is 8.92. The summed E-state index contributed by atoms with van der Waals surface area (Å²) >= 11 is 0. The van der Waals surface area contributed by atoms with Crippen LogP contribution in [0, 0.1) is 17.2 Å². The number of benzene rings is 1. The van der Waals surface area contributed by atoms with Gasteiger partial charge in [-0.3, -0.25) is 4.90 Å². The Kier molecular flexibility index (Phi) is 12.9. The third-order valence-corrected chi connectivity index (χ3v) is 5.43. The third-order valence-electron chi connectivity index (χ3n) is 5.43. The molecule has 0 saturated carbocycles. The van der Waals surface area contributed by atoms with Gasteiger partial charge in [0.05, 0.1) is 31.4 Å². The van der Waals surface area contributed by atoms with Crippen molar-refractivity contribution in [3.05, 3.63) is 35.4 Å². The number of ether oxygens (including phenoxy) is 1. The minimum absolute atomic E-state index is 0. The molecule has 0 radical (unpaired) electrons. The molecule has 1 aromatic carbocycles. The van der Waals surface area contributed by atoms with E-state index >= 15 is 0 Å². The van der Waals surface area contributed by atoms with Crippen molar-refractivity contribution in [1.82, 2.24) is 15.5 Å². The largest absolute Gasteiger partial charge is 0.379 e. The fourth-order valence-corrected chi connectivity index (χ4v) is 3.73. The van der Waals surface area contributed by atoms with E-state index < -0.39 is 0 Å². The van der Waals surface area contributed by atoms with Crippen LogP contribution in [0.2, 0.25) is 0 Å². The molecule has 29 heavy (non-hydrogen) atoms. The van der Waals surface area contributed by atoms with Gasteiger partial charge in [0.1, 0.15) is 0 Å². The molecule has 1 aliphatic heterocycles. The average Bonchev–Trinajstić information content (AvgIpc) is 2.75. The molecule has 7 heteroatoms. The quantitative estimate of drug-likeness (QED) is 0.301. The number of aliphatic imine (C=N–C) groups is 1. The van der Waals surface area contributed by atoms with Gasteiger partial charge in [-0.25, -0.2) is 4.99 Å². The normalized spacial score (nSPS) is 16.0. The molecule has 0 aliphatic carbocycles. The minimum atomic E-state index is 0. The molecule has 1 heterocycles. The zero-order valence-corrected chi connectivity index (χ0v) is 20.3. The second-order valence-electron chi connectivity index (χ2n) is 7.18. The molecule has 0 aromatic heterocycles. The number of hydrogen-bond donors (Lipinski definition) is 2. The fourth-order valence-electron chi connectivity index (χ4n) is 3.73. The van der Waals surface area contributed by atoms with Crippen molar-refractivity contribution in [2.45, 2.75) is 46.2 Å². The first kappa shape index (κ1) is 25.7. The number of nitrogens with one attached hydrogen (secondary N) is 2. The summed E-state index contributed by atoms with van der Waals surface area (Å²) in [6, 6.07) is 10.2. The van der Waals surface area contributed by atoms with E-state index in [1.54, 1.807) is 0 Å². The van der Waals surface area contributed by atoms with Gasteiger partial charge >= 0.3 is 0 Å². The molecule has 1 saturated heterocycles. The van der Waals surface area contributed by atoms with Crippen molar-refractivity contribution < 1.29 is 4.74 Å². The number of rotatable bonds is 9. The van der Waals surface area contributed by atoms with Gasteiger partial charge in [-0.2, -0.15) is 5.26 Å². The molecule has 1 atom stereocenters. The highest BCUT2D eigenvalue weighted by atomic mass is 127. The first-order valence-electron chi connectivity index (χ1n) is 10.5. The van der Waals surface area contributed by atoms with E-state index in [9.17, 15) is 0 Å². The van der Waals surface area contributed by atoms with Crippen LogP contribution >= 0.6 is 24.0 Å². The second kappa shape index (κ2) is 14.6. The molecule has 162 valence electrons. The van der Waals surface area contributed by atoms with Crippen LogP contribution in [0.1, 0.15) is 44.7 Å². The first-order chi connectivity index (χ1) is 13.7. The van der Waals surface area contributed by atoms with E-state index in [1.807, 2.05) is 24.3 Å². The fraction of sp³-hybridized carbons (Fsp3) is 0.636. The molecular weight excluding hydrogens is 477 g/mol. The molecule has 1 unspecified atom stereocenters. The lowest BCUT2D eigenvalue weighted by Crippen LogP contribution is -2.53. The van der Waals surface area contributed by atoms with Crippen molar-refractivity contribution in [2.24, 2.45) is 10.9 Å². The molecule has 0 spiro atoms. The zero-order chi connectivity index (χ0) is 20.2. The van der Waals surface area contributed by atoms with E-state index in [-0.39, 0.29) is 24.0 Å². The minimum Gasteiger partial charge on any atom is -0.379 e. The Hall–Kier alpha value is -1.37. The van der Waals surface area contributed by atoms with Crippen LogP contribution < -0.4 is 10.6 Å². The van der Waals surface area contributed by atoms with E-state index in [2.05, 4.69) is 42.4 Å². The average molecular weight is 513 g/mol. The van der Waals surface area contributed by atoms with Crippen molar-refractivity contribution in [1.29, 1.82) is 5.26 Å². The van der Waals surface area contributed by atoms with Gasteiger partial charge in [0.25, 0.3) is 0 Å². The highest BCUT2D eigenvalue weighted by molar-refractivity contribution is 14.0. The smallest absolute Gasteiger partial charge is 0.191 e. The van der Waals surface area contributed by atoms with Gasteiger partial charge in [-0.15, -0.1) is 24.0 Å². The van der Waals surface area contributed by atoms with Crippen molar-refractivity contribution >= 4 is 29.9 Å². The molecule has 2 rings (SSSR count). The maximum Gasteiger partial charge on any atom is 0.191 e. The summed E-state index contributed by atoms with van der Waals surface area (Å²) in [7, 11) is 0. The number of halogens is 1. The predicted octanol–water partition coefficient (Wildman–Crippen LogP) is 3.37. The van der Waals surface area contributed by atoms with Crippen LogP contribution in [0.25, 0.3) is 0 Å². The van der Waals surface area contributed by atoms with Crippen LogP contribution in [0.3, 0.4) is 0 Å². The topological polar surface area (TPSA) is 72.7 Å².